The monoisotopic (exact) mass is 853 g/mol. The number of hydrogen-bond donors (Lipinski definition) is 2. The number of hydrogen-bond acceptors (Lipinski definition) is 5. The summed E-state index contributed by atoms with van der Waals surface area (Å²) in [4.78, 5) is 18.6. The molecule has 0 amide bonds. The Balaban J connectivity index is 0.00000464. The second-order valence-corrected chi connectivity index (χ2v) is 12.1. The molecule has 3 heterocycles. The zero-order valence-corrected chi connectivity index (χ0v) is 30.3. The molecule has 0 radical (unpaired) electrons. The van der Waals surface area contributed by atoms with Gasteiger partial charge in [-0.2, -0.15) is 33.3 Å². The number of aromatic amines is 2. The van der Waals surface area contributed by atoms with Crippen molar-refractivity contribution in [1.82, 2.24) is 29.7 Å². The molecule has 4 aromatic carbocycles. The van der Waals surface area contributed by atoms with Gasteiger partial charge in [0.2, 0.25) is 0 Å². The van der Waals surface area contributed by atoms with Gasteiger partial charge in [0.25, 0.3) is 0 Å². The molecule has 0 bridgehead atoms. The van der Waals surface area contributed by atoms with Crippen molar-refractivity contribution < 1.29 is 20.1 Å². The molecule has 2 N–H and O–H groups in total. The number of nitriles is 2. The van der Waals surface area contributed by atoms with Crippen LogP contribution in [-0.4, -0.2) is 29.7 Å². The number of aryl methyl sites for hydroxylation is 6. The number of H-pyrrole nitrogens is 2. The summed E-state index contributed by atoms with van der Waals surface area (Å²) in [5.41, 5.74) is 10.3. The van der Waals surface area contributed by atoms with E-state index < -0.39 is 0 Å². The number of imidazole rings is 2. The van der Waals surface area contributed by atoms with E-state index >= 15 is 0 Å². The zero-order valence-electron chi connectivity index (χ0n) is 27.9. The maximum Gasteiger partial charge on any atom is 3.00 e. The van der Waals surface area contributed by atoms with Crippen molar-refractivity contribution in [3.63, 3.8) is 0 Å². The Hall–Kier alpha value is -6.37. The van der Waals surface area contributed by atoms with E-state index in [1.54, 1.807) is 35.7 Å². The summed E-state index contributed by atoms with van der Waals surface area (Å²) in [7, 11) is 0. The van der Waals surface area contributed by atoms with Gasteiger partial charge in [-0.05, 0) is 53.1 Å². The van der Waals surface area contributed by atoms with E-state index in [0.717, 1.165) is 69.5 Å². The van der Waals surface area contributed by atoms with Gasteiger partial charge in [-0.15, -0.1) is 64.7 Å². The van der Waals surface area contributed by atoms with Gasteiger partial charge in [0, 0.05) is 37.2 Å². The van der Waals surface area contributed by atoms with Gasteiger partial charge < -0.3 is 9.97 Å². The second kappa shape index (κ2) is 16.6. The van der Waals surface area contributed by atoms with Crippen LogP contribution >= 0.6 is 0 Å². The Morgan fingerprint density at radius 3 is 1.63 bits per heavy atom. The fraction of sp³-hybridized carbons (Fsp3) is 0.143. The van der Waals surface area contributed by atoms with Gasteiger partial charge >= 0.3 is 20.1 Å². The molecule has 0 saturated carbocycles. The first kappa shape index (κ1) is 35.5. The molecule has 0 aliphatic carbocycles. The maximum absolute atomic E-state index is 9.96. The van der Waals surface area contributed by atoms with Gasteiger partial charge in [-0.1, -0.05) is 43.1 Å². The molecule has 0 saturated heterocycles. The van der Waals surface area contributed by atoms with Gasteiger partial charge in [0.05, 0.1) is 36.0 Å². The third-order valence-electron chi connectivity index (χ3n) is 8.85. The molecule has 0 aliphatic rings. The maximum atomic E-state index is 9.96. The van der Waals surface area contributed by atoms with Crippen LogP contribution in [0.4, 0.5) is 5.69 Å². The second-order valence-electron chi connectivity index (χ2n) is 12.1. The average molecular weight is 853 g/mol. The Kier molecular flexibility index (Phi) is 11.3. The topological polar surface area (TPSA) is 127 Å². The summed E-state index contributed by atoms with van der Waals surface area (Å²) in [6.45, 7) is 7.83. The molecule has 9 nitrogen and oxygen atoms in total. The molecule has 0 unspecified atom stereocenters. The smallest absolute Gasteiger partial charge is 0.384 e. The first-order chi connectivity index (χ1) is 25.1. The summed E-state index contributed by atoms with van der Waals surface area (Å²) < 4.78 is 1.70. The number of nitrogens with zero attached hydrogens (tertiary/aromatic N) is 7. The molecule has 3 aromatic heterocycles. The van der Waals surface area contributed by atoms with E-state index in [1.807, 2.05) is 48.7 Å². The molecule has 7 rings (SSSR count). The first-order valence-corrected chi connectivity index (χ1v) is 16.5. The van der Waals surface area contributed by atoms with Gasteiger partial charge in [-0.3, -0.25) is 19.5 Å². The van der Waals surface area contributed by atoms with Crippen LogP contribution in [0.3, 0.4) is 0 Å². The van der Waals surface area contributed by atoms with Crippen molar-refractivity contribution in [1.29, 1.82) is 10.5 Å². The quantitative estimate of drug-likeness (QED) is 0.122. The van der Waals surface area contributed by atoms with Crippen LogP contribution in [0.15, 0.2) is 97.8 Å². The van der Waals surface area contributed by atoms with Crippen molar-refractivity contribution in [2.75, 3.05) is 0 Å². The van der Waals surface area contributed by atoms with Gasteiger partial charge in [0.15, 0.2) is 0 Å². The molecule has 52 heavy (non-hydrogen) atoms. The van der Waals surface area contributed by atoms with E-state index in [1.165, 1.54) is 0 Å². The van der Waals surface area contributed by atoms with Crippen LogP contribution in [0.25, 0.3) is 33.3 Å². The summed E-state index contributed by atoms with van der Waals surface area (Å²) >= 11 is 0. The van der Waals surface area contributed by atoms with Crippen molar-refractivity contribution in [2.24, 2.45) is 0 Å². The van der Waals surface area contributed by atoms with Crippen molar-refractivity contribution in [3.05, 3.63) is 172 Å². The Labute approximate surface area is 315 Å². The van der Waals surface area contributed by atoms with Crippen molar-refractivity contribution >= 4 is 5.69 Å². The molecular weight excluding hydrogens is 823 g/mol. The van der Waals surface area contributed by atoms with Crippen molar-refractivity contribution in [3.8, 4) is 40.6 Å². The van der Waals surface area contributed by atoms with Crippen LogP contribution in [-0.2, 0) is 58.6 Å². The van der Waals surface area contributed by atoms with Crippen molar-refractivity contribution in [2.45, 2.75) is 38.5 Å². The minimum atomic E-state index is 0. The molecular formula is C42H30IrN9. The molecule has 7 aromatic rings. The summed E-state index contributed by atoms with van der Waals surface area (Å²) in [6.07, 6.45) is 14.6. The van der Waals surface area contributed by atoms with E-state index in [4.69, 9.17) is 6.57 Å². The average Bonchev–Trinajstić information content (AvgIpc) is 4.00. The van der Waals surface area contributed by atoms with Crippen LogP contribution in [0.1, 0.15) is 44.5 Å². The largest absolute Gasteiger partial charge is 3.00 e. The SMILES string of the molecule is [C-]#[N+]c1cc(-n2cccn2)[c-]cc1CCc1cc(CCc2c[c-]c(-c3ncc[nH]3)cc2C#N)cc(CCc2c[c-]c(-c3ncc[nH]3)cc2C#N)c1.[Ir+3]. The normalized spacial score (nSPS) is 10.6. The number of aromatic nitrogens is 6. The van der Waals surface area contributed by atoms with Crippen LogP contribution in [0.2, 0.25) is 0 Å². The zero-order chi connectivity index (χ0) is 35.0. The number of nitrogens with one attached hydrogen (secondary N) is 2. The molecule has 0 spiro atoms. The Morgan fingerprint density at radius 2 is 1.19 bits per heavy atom. The minimum Gasteiger partial charge on any atom is -0.384 e. The molecule has 252 valence electrons. The summed E-state index contributed by atoms with van der Waals surface area (Å²) in [5, 5.41) is 24.2. The Morgan fingerprint density at radius 1 is 0.673 bits per heavy atom. The number of rotatable bonds is 12. The first-order valence-electron chi connectivity index (χ1n) is 16.5. The van der Waals surface area contributed by atoms with E-state index in [9.17, 15) is 10.5 Å². The fourth-order valence-electron chi connectivity index (χ4n) is 6.22. The standard InChI is InChI=1S/C42H30N9.Ir/c1-45-40-26-39(51-20-2-15-50-51)14-13-34(40)8-5-31-22-29(3-6-32-9-11-35(24-37(32)27-43)41-46-16-17-47-41)21-30(23-31)4-7-33-10-12-36(25-38(33)28-44)42-48-18-19-49-42;/h2,9-10,13,15-26H,3-8H2,(H,46,47)(H,48,49);/q-3;+3. The van der Waals surface area contributed by atoms with Crippen LogP contribution in [0, 0.1) is 47.4 Å². The predicted octanol–water partition coefficient (Wildman–Crippen LogP) is 7.70. The van der Waals surface area contributed by atoms with Crippen LogP contribution in [0.5, 0.6) is 0 Å². The predicted molar refractivity (Wildman–Crippen MR) is 192 cm³/mol. The van der Waals surface area contributed by atoms with E-state index in [-0.39, 0.29) is 20.1 Å². The minimum absolute atomic E-state index is 0. The van der Waals surface area contributed by atoms with Gasteiger partial charge in [-0.25, -0.2) is 0 Å². The molecule has 0 atom stereocenters. The van der Waals surface area contributed by atoms with E-state index in [0.29, 0.717) is 47.7 Å². The van der Waals surface area contributed by atoms with E-state index in [2.05, 4.69) is 78.4 Å². The van der Waals surface area contributed by atoms with Crippen LogP contribution < -0.4 is 0 Å². The summed E-state index contributed by atoms with van der Waals surface area (Å²) in [5.74, 6) is 1.36. The number of benzene rings is 4. The fourth-order valence-corrected chi connectivity index (χ4v) is 6.22. The molecule has 0 aliphatic heterocycles. The third kappa shape index (κ3) is 8.15. The Bertz CT molecular complexity index is 2120. The molecule has 0 fully saturated rings. The third-order valence-corrected chi connectivity index (χ3v) is 8.85. The summed E-state index contributed by atoms with van der Waals surface area (Å²) in [6, 6.07) is 34.3. The molecule has 10 heteroatoms. The van der Waals surface area contributed by atoms with Gasteiger partial charge in [0.1, 0.15) is 0 Å².